The van der Waals surface area contributed by atoms with E-state index < -0.39 is 0 Å². The van der Waals surface area contributed by atoms with Gasteiger partial charge in [0.2, 0.25) is 0 Å². The molecule has 0 aliphatic rings. The highest BCUT2D eigenvalue weighted by molar-refractivity contribution is 9.10. The number of halogens is 1. The van der Waals surface area contributed by atoms with E-state index in [0.29, 0.717) is 27.6 Å². The van der Waals surface area contributed by atoms with Crippen LogP contribution in [-0.4, -0.2) is 28.2 Å². The van der Waals surface area contributed by atoms with Crippen LogP contribution in [0, 0.1) is 0 Å². The van der Waals surface area contributed by atoms with Crippen molar-refractivity contribution in [2.45, 2.75) is 19.0 Å². The van der Waals surface area contributed by atoms with Crippen LogP contribution in [0.5, 0.6) is 5.75 Å². The van der Waals surface area contributed by atoms with Crippen molar-refractivity contribution in [3.63, 3.8) is 0 Å². The van der Waals surface area contributed by atoms with Gasteiger partial charge in [-0.05, 0) is 52.9 Å². The molecule has 0 spiro atoms. The number of ether oxygens (including phenoxy) is 1. The molecule has 0 fully saturated rings. The topological polar surface area (TPSA) is 64.1 Å². The number of benzene rings is 1. The molecule has 2 rings (SSSR count). The molecule has 0 aliphatic carbocycles. The molecule has 1 heterocycles. The minimum absolute atomic E-state index is 0.281. The predicted octanol–water partition coefficient (Wildman–Crippen LogP) is 4.00. The zero-order valence-corrected chi connectivity index (χ0v) is 14.7. The highest BCUT2D eigenvalue weighted by Gasteiger charge is 2.14. The third kappa shape index (κ3) is 4.45. The highest BCUT2D eigenvalue weighted by Crippen LogP contribution is 2.21. The lowest BCUT2D eigenvalue weighted by Crippen LogP contribution is -2.15. The first kappa shape index (κ1) is 16.8. The first-order valence-corrected chi connectivity index (χ1v) is 8.61. The first-order valence-electron chi connectivity index (χ1n) is 6.83. The van der Waals surface area contributed by atoms with Gasteiger partial charge in [0.05, 0.1) is 11.1 Å². The lowest BCUT2D eigenvalue weighted by Gasteiger charge is -2.08. The van der Waals surface area contributed by atoms with Crippen molar-refractivity contribution in [2.75, 3.05) is 17.7 Å². The molecule has 0 aliphatic heterocycles. The van der Waals surface area contributed by atoms with Crippen molar-refractivity contribution in [3.8, 4) is 5.75 Å². The van der Waals surface area contributed by atoms with Gasteiger partial charge in [-0.1, -0.05) is 18.7 Å². The van der Waals surface area contributed by atoms with Crippen molar-refractivity contribution >= 4 is 39.3 Å². The van der Waals surface area contributed by atoms with Crippen molar-refractivity contribution < 1.29 is 9.53 Å². The number of thioether (sulfide) groups is 1. The third-order valence-electron chi connectivity index (χ3n) is 2.63. The molecular formula is C15H16BrN3O2S. The van der Waals surface area contributed by atoms with Crippen molar-refractivity contribution in [1.29, 1.82) is 0 Å². The summed E-state index contributed by atoms with van der Waals surface area (Å²) >= 11 is 4.80. The fraction of sp³-hybridized carbons (Fsp3) is 0.267. The molecule has 1 N–H and O–H groups in total. The van der Waals surface area contributed by atoms with Crippen LogP contribution in [0.2, 0.25) is 0 Å². The average molecular weight is 382 g/mol. The number of rotatable bonds is 6. The Hall–Kier alpha value is -1.60. The van der Waals surface area contributed by atoms with Gasteiger partial charge in [0.25, 0.3) is 5.91 Å². The van der Waals surface area contributed by atoms with Crippen LogP contribution in [0.4, 0.5) is 5.69 Å². The van der Waals surface area contributed by atoms with E-state index in [1.807, 2.05) is 26.0 Å². The van der Waals surface area contributed by atoms with Crippen LogP contribution in [0.15, 0.2) is 40.1 Å². The fourth-order valence-electron chi connectivity index (χ4n) is 1.70. The van der Waals surface area contributed by atoms with Gasteiger partial charge >= 0.3 is 0 Å². The maximum Gasteiger partial charge on any atom is 0.275 e. The summed E-state index contributed by atoms with van der Waals surface area (Å²) in [5, 5.41) is 3.40. The van der Waals surface area contributed by atoms with Crippen molar-refractivity contribution in [1.82, 2.24) is 9.97 Å². The van der Waals surface area contributed by atoms with Crippen LogP contribution >= 0.6 is 27.7 Å². The number of anilines is 1. The van der Waals surface area contributed by atoms with Crippen LogP contribution in [-0.2, 0) is 0 Å². The highest BCUT2D eigenvalue weighted by atomic mass is 79.9. The zero-order chi connectivity index (χ0) is 15.9. The number of hydrogen-bond acceptors (Lipinski definition) is 5. The second-order valence-electron chi connectivity index (χ2n) is 4.19. The molecule has 1 amide bonds. The van der Waals surface area contributed by atoms with E-state index in [1.54, 1.807) is 18.3 Å². The Morgan fingerprint density at radius 2 is 2.05 bits per heavy atom. The number of amides is 1. The van der Waals surface area contributed by atoms with E-state index in [1.165, 1.54) is 11.8 Å². The summed E-state index contributed by atoms with van der Waals surface area (Å²) in [6, 6.07) is 7.21. The van der Waals surface area contributed by atoms with E-state index >= 15 is 0 Å². The maximum absolute atomic E-state index is 12.3. The summed E-state index contributed by atoms with van der Waals surface area (Å²) in [6.45, 7) is 4.54. The minimum Gasteiger partial charge on any atom is -0.494 e. The van der Waals surface area contributed by atoms with Gasteiger partial charge in [-0.15, -0.1) is 0 Å². The number of nitrogens with one attached hydrogen (secondary N) is 1. The Bertz CT molecular complexity index is 650. The molecule has 1 aromatic heterocycles. The van der Waals surface area contributed by atoms with E-state index in [9.17, 15) is 4.79 Å². The summed E-state index contributed by atoms with van der Waals surface area (Å²) < 4.78 is 5.93. The zero-order valence-electron chi connectivity index (χ0n) is 12.3. The van der Waals surface area contributed by atoms with Crippen LogP contribution in [0.3, 0.4) is 0 Å². The molecule has 2 aromatic rings. The van der Waals surface area contributed by atoms with Gasteiger partial charge in [-0.2, -0.15) is 0 Å². The summed E-state index contributed by atoms with van der Waals surface area (Å²) in [5.74, 6) is 1.34. The fourth-order valence-corrected chi connectivity index (χ4v) is 2.61. The second kappa shape index (κ2) is 8.14. The maximum atomic E-state index is 12.3. The van der Waals surface area contributed by atoms with E-state index in [-0.39, 0.29) is 5.91 Å². The third-order valence-corrected chi connectivity index (χ3v) is 3.96. The van der Waals surface area contributed by atoms with Crippen LogP contribution in [0.1, 0.15) is 24.3 Å². The summed E-state index contributed by atoms with van der Waals surface area (Å²) in [6.07, 6.45) is 1.60. The molecule has 0 saturated carbocycles. The molecule has 1 aromatic carbocycles. The lowest BCUT2D eigenvalue weighted by molar-refractivity contribution is 0.102. The Balaban J connectivity index is 2.12. The molecule has 0 unspecified atom stereocenters. The molecule has 116 valence electrons. The number of hydrogen-bond donors (Lipinski definition) is 1. The smallest absolute Gasteiger partial charge is 0.275 e. The van der Waals surface area contributed by atoms with Crippen molar-refractivity contribution in [3.05, 3.63) is 40.6 Å². The second-order valence-corrected chi connectivity index (χ2v) is 6.28. The van der Waals surface area contributed by atoms with E-state index in [4.69, 9.17) is 4.74 Å². The Labute approximate surface area is 142 Å². The molecule has 0 saturated heterocycles. The molecule has 22 heavy (non-hydrogen) atoms. The number of aromatic nitrogens is 2. The first-order chi connectivity index (χ1) is 10.6. The van der Waals surface area contributed by atoms with E-state index in [0.717, 1.165) is 11.5 Å². The lowest BCUT2D eigenvalue weighted by atomic mass is 10.3. The van der Waals surface area contributed by atoms with Gasteiger partial charge in [0, 0.05) is 11.9 Å². The SMILES string of the molecule is CCOc1ccc(NC(=O)c2nc(SCC)ncc2Br)cc1. The minimum atomic E-state index is -0.281. The quantitative estimate of drug-likeness (QED) is 0.604. The number of nitrogens with zero attached hydrogens (tertiary/aromatic N) is 2. The normalized spacial score (nSPS) is 10.3. The summed E-state index contributed by atoms with van der Waals surface area (Å²) in [5.41, 5.74) is 1.00. The summed E-state index contributed by atoms with van der Waals surface area (Å²) in [7, 11) is 0. The number of carbonyl (C=O) groups excluding carboxylic acids is 1. The molecular weight excluding hydrogens is 366 g/mol. The van der Waals surface area contributed by atoms with Gasteiger partial charge < -0.3 is 10.1 Å². The van der Waals surface area contributed by atoms with Gasteiger partial charge in [0.15, 0.2) is 5.16 Å². The van der Waals surface area contributed by atoms with Gasteiger partial charge in [-0.25, -0.2) is 9.97 Å². The van der Waals surface area contributed by atoms with Crippen LogP contribution < -0.4 is 10.1 Å². The molecule has 0 atom stereocenters. The van der Waals surface area contributed by atoms with E-state index in [2.05, 4.69) is 31.2 Å². The van der Waals surface area contributed by atoms with Gasteiger partial charge in [-0.3, -0.25) is 4.79 Å². The largest absolute Gasteiger partial charge is 0.494 e. The molecule has 0 radical (unpaired) electrons. The van der Waals surface area contributed by atoms with Crippen LogP contribution in [0.25, 0.3) is 0 Å². The Morgan fingerprint density at radius 3 is 2.68 bits per heavy atom. The van der Waals surface area contributed by atoms with Crippen molar-refractivity contribution in [2.24, 2.45) is 0 Å². The Morgan fingerprint density at radius 1 is 1.32 bits per heavy atom. The monoisotopic (exact) mass is 381 g/mol. The number of carbonyl (C=O) groups is 1. The molecule has 7 heteroatoms. The summed E-state index contributed by atoms with van der Waals surface area (Å²) in [4.78, 5) is 20.8. The average Bonchev–Trinajstić information content (AvgIpc) is 2.51. The predicted molar refractivity (Wildman–Crippen MR) is 91.7 cm³/mol. The molecule has 5 nitrogen and oxygen atoms in total. The molecule has 0 bridgehead atoms. The standard InChI is InChI=1S/C15H16BrN3O2S/c1-3-21-11-7-5-10(6-8-11)18-14(20)13-12(16)9-17-15(19-13)22-4-2/h5-9H,3-4H2,1-2H3,(H,18,20). The Kier molecular flexibility index (Phi) is 6.21. The van der Waals surface area contributed by atoms with Gasteiger partial charge in [0.1, 0.15) is 11.4 Å².